The van der Waals surface area contributed by atoms with Crippen molar-refractivity contribution in [3.05, 3.63) is 17.7 Å². The van der Waals surface area contributed by atoms with Crippen molar-refractivity contribution in [2.75, 3.05) is 6.61 Å². The van der Waals surface area contributed by atoms with Crippen molar-refractivity contribution in [2.24, 2.45) is 11.5 Å². The predicted molar refractivity (Wildman–Crippen MR) is 45.7 cm³/mol. The molecule has 0 radical (unpaired) electrons. The van der Waals surface area contributed by atoms with Crippen LogP contribution in [-0.2, 0) is 13.1 Å². The first kappa shape index (κ1) is 9.69. The molecule has 0 bridgehead atoms. The molecule has 1 aromatic rings. The van der Waals surface area contributed by atoms with Crippen LogP contribution in [0.4, 0.5) is 0 Å². The number of hydrogen-bond acceptors (Lipinski definition) is 4. The van der Waals surface area contributed by atoms with Gasteiger partial charge in [-0.3, -0.25) is 4.79 Å². The molecular formula is C7H12N4O2. The highest BCUT2D eigenvalue weighted by Crippen LogP contribution is 2.05. The maximum atomic E-state index is 10.8. The van der Waals surface area contributed by atoms with Crippen LogP contribution in [0.25, 0.3) is 0 Å². The monoisotopic (exact) mass is 184 g/mol. The van der Waals surface area contributed by atoms with E-state index in [-0.39, 0.29) is 18.8 Å². The van der Waals surface area contributed by atoms with Crippen molar-refractivity contribution in [2.45, 2.75) is 13.1 Å². The molecule has 6 heteroatoms. The van der Waals surface area contributed by atoms with Crippen molar-refractivity contribution in [1.29, 1.82) is 0 Å². The summed E-state index contributed by atoms with van der Waals surface area (Å²) in [7, 11) is 0. The molecule has 6 nitrogen and oxygen atoms in total. The van der Waals surface area contributed by atoms with Gasteiger partial charge < -0.3 is 21.1 Å². The fourth-order valence-electron chi connectivity index (χ4n) is 1.13. The molecule has 5 N–H and O–H groups in total. The first-order valence-electron chi connectivity index (χ1n) is 3.85. The van der Waals surface area contributed by atoms with Gasteiger partial charge in [-0.2, -0.15) is 0 Å². The highest BCUT2D eigenvalue weighted by Gasteiger charge is 2.13. The van der Waals surface area contributed by atoms with Crippen molar-refractivity contribution in [1.82, 2.24) is 9.55 Å². The van der Waals surface area contributed by atoms with E-state index in [2.05, 4.69) is 4.98 Å². The molecular weight excluding hydrogens is 172 g/mol. The van der Waals surface area contributed by atoms with Crippen molar-refractivity contribution in [3.63, 3.8) is 0 Å². The number of imidazole rings is 1. The summed E-state index contributed by atoms with van der Waals surface area (Å²) in [6.45, 7) is 0.520. The van der Waals surface area contributed by atoms with Gasteiger partial charge in [0.15, 0.2) is 0 Å². The summed E-state index contributed by atoms with van der Waals surface area (Å²) in [6, 6.07) is 0. The summed E-state index contributed by atoms with van der Waals surface area (Å²) >= 11 is 0. The number of amides is 1. The number of hydrogen-bond donors (Lipinski definition) is 3. The number of aromatic nitrogens is 2. The summed E-state index contributed by atoms with van der Waals surface area (Å²) in [5.74, 6) is -0.600. The lowest BCUT2D eigenvalue weighted by molar-refractivity contribution is 0.0994. The van der Waals surface area contributed by atoms with E-state index < -0.39 is 5.91 Å². The minimum Gasteiger partial charge on any atom is -0.395 e. The molecule has 0 spiro atoms. The molecule has 1 amide bonds. The Morgan fingerprint density at radius 3 is 2.85 bits per heavy atom. The third kappa shape index (κ3) is 1.85. The quantitative estimate of drug-likeness (QED) is 0.525. The zero-order chi connectivity index (χ0) is 9.84. The van der Waals surface area contributed by atoms with E-state index in [9.17, 15) is 4.79 Å². The Balaban J connectivity index is 3.03. The van der Waals surface area contributed by atoms with Gasteiger partial charge in [0.05, 0.1) is 18.6 Å². The largest absolute Gasteiger partial charge is 0.395 e. The third-order valence-corrected chi connectivity index (χ3v) is 1.71. The molecule has 1 aromatic heterocycles. The van der Waals surface area contributed by atoms with Gasteiger partial charge in [0.1, 0.15) is 5.69 Å². The second-order valence-corrected chi connectivity index (χ2v) is 2.53. The summed E-state index contributed by atoms with van der Waals surface area (Å²) < 4.78 is 1.61. The second-order valence-electron chi connectivity index (χ2n) is 2.53. The first-order valence-corrected chi connectivity index (χ1v) is 3.85. The van der Waals surface area contributed by atoms with E-state index >= 15 is 0 Å². The number of aliphatic hydroxyl groups is 1. The number of nitrogens with zero attached hydrogens (tertiary/aromatic N) is 2. The van der Waals surface area contributed by atoms with Gasteiger partial charge in [0.25, 0.3) is 5.91 Å². The van der Waals surface area contributed by atoms with Crippen LogP contribution in [0.15, 0.2) is 6.33 Å². The number of nitrogens with two attached hydrogens (primary N) is 2. The lowest BCUT2D eigenvalue weighted by atomic mass is 10.3. The fraction of sp³-hybridized carbons (Fsp3) is 0.429. The van der Waals surface area contributed by atoms with E-state index in [1.165, 1.54) is 6.33 Å². The van der Waals surface area contributed by atoms with E-state index in [4.69, 9.17) is 16.6 Å². The molecule has 0 fully saturated rings. The van der Waals surface area contributed by atoms with E-state index in [0.29, 0.717) is 12.2 Å². The second kappa shape index (κ2) is 4.01. The fourth-order valence-corrected chi connectivity index (χ4v) is 1.13. The van der Waals surface area contributed by atoms with Gasteiger partial charge >= 0.3 is 0 Å². The maximum absolute atomic E-state index is 10.8. The van der Waals surface area contributed by atoms with E-state index in [0.717, 1.165) is 0 Å². The molecule has 1 rings (SSSR count). The van der Waals surface area contributed by atoms with E-state index in [1.54, 1.807) is 4.57 Å². The van der Waals surface area contributed by atoms with Crippen molar-refractivity contribution < 1.29 is 9.90 Å². The van der Waals surface area contributed by atoms with Crippen molar-refractivity contribution >= 4 is 5.91 Å². The average molecular weight is 184 g/mol. The van der Waals surface area contributed by atoms with Crippen LogP contribution in [0, 0.1) is 0 Å². The predicted octanol–water partition coefficient (Wildman–Crippen LogP) is -1.57. The van der Waals surface area contributed by atoms with Crippen LogP contribution in [0.2, 0.25) is 0 Å². The summed E-state index contributed by atoms with van der Waals surface area (Å²) in [5.41, 5.74) is 11.2. The molecule has 0 unspecified atom stereocenters. The summed E-state index contributed by atoms with van der Waals surface area (Å²) in [5, 5.41) is 8.68. The van der Waals surface area contributed by atoms with Crippen LogP contribution >= 0.6 is 0 Å². The van der Waals surface area contributed by atoms with Gasteiger partial charge in [-0.25, -0.2) is 4.98 Å². The summed E-state index contributed by atoms with van der Waals surface area (Å²) in [6.07, 6.45) is 1.44. The van der Waals surface area contributed by atoms with Gasteiger partial charge in [0.2, 0.25) is 0 Å². The molecule has 0 saturated carbocycles. The number of carbonyl (C=O) groups is 1. The van der Waals surface area contributed by atoms with E-state index in [1.807, 2.05) is 0 Å². The highest BCUT2D eigenvalue weighted by molar-refractivity contribution is 5.91. The standard InChI is InChI=1S/C7H12N4O2/c8-3-5-6(7(9)13)10-4-11(5)1-2-12/h4,12H,1-3,8H2,(H2,9,13). The van der Waals surface area contributed by atoms with Gasteiger partial charge in [-0.05, 0) is 0 Å². The SMILES string of the molecule is NCc1c(C(N)=O)ncn1CCO. The number of rotatable bonds is 4. The zero-order valence-corrected chi connectivity index (χ0v) is 7.10. The van der Waals surface area contributed by atoms with Crippen LogP contribution in [-0.4, -0.2) is 27.2 Å². The van der Waals surface area contributed by atoms with Gasteiger partial charge in [-0.1, -0.05) is 0 Å². The normalized spacial score (nSPS) is 10.3. The Morgan fingerprint density at radius 1 is 1.69 bits per heavy atom. The minimum atomic E-state index is -0.600. The van der Waals surface area contributed by atoms with Crippen LogP contribution in [0.1, 0.15) is 16.2 Å². The molecule has 0 aromatic carbocycles. The Labute approximate surface area is 75.2 Å². The molecule has 0 aliphatic heterocycles. The summed E-state index contributed by atoms with van der Waals surface area (Å²) in [4.78, 5) is 14.6. The van der Waals surface area contributed by atoms with Crippen LogP contribution < -0.4 is 11.5 Å². The lowest BCUT2D eigenvalue weighted by Gasteiger charge is -2.04. The smallest absolute Gasteiger partial charge is 0.269 e. The first-order chi connectivity index (χ1) is 6.20. The topological polar surface area (TPSA) is 107 Å². The Kier molecular flexibility index (Phi) is 2.99. The molecule has 0 atom stereocenters. The Hall–Kier alpha value is -1.40. The molecule has 0 aliphatic rings. The molecule has 13 heavy (non-hydrogen) atoms. The maximum Gasteiger partial charge on any atom is 0.269 e. The van der Waals surface area contributed by atoms with Crippen molar-refractivity contribution in [3.8, 4) is 0 Å². The number of primary amides is 1. The lowest BCUT2D eigenvalue weighted by Crippen LogP contribution is -2.18. The molecule has 72 valence electrons. The minimum absolute atomic E-state index is 0.0262. The molecule has 1 heterocycles. The van der Waals surface area contributed by atoms with Gasteiger partial charge in [-0.15, -0.1) is 0 Å². The Morgan fingerprint density at radius 2 is 2.38 bits per heavy atom. The van der Waals surface area contributed by atoms with Gasteiger partial charge in [0, 0.05) is 13.1 Å². The van der Waals surface area contributed by atoms with Crippen LogP contribution in [0.5, 0.6) is 0 Å². The number of aliphatic hydroxyl groups excluding tert-OH is 1. The molecule has 0 aliphatic carbocycles. The Bertz CT molecular complexity index is 307. The third-order valence-electron chi connectivity index (χ3n) is 1.71. The average Bonchev–Trinajstić information content (AvgIpc) is 2.48. The van der Waals surface area contributed by atoms with Crippen LogP contribution in [0.3, 0.4) is 0 Å². The molecule has 0 saturated heterocycles. The zero-order valence-electron chi connectivity index (χ0n) is 7.10. The highest BCUT2D eigenvalue weighted by atomic mass is 16.3. The number of carbonyl (C=O) groups excluding carboxylic acids is 1.